The zero-order valence-corrected chi connectivity index (χ0v) is 15.8. The Kier molecular flexibility index (Phi) is 6.97. The smallest absolute Gasteiger partial charge is 0.283 e. The number of aliphatic hydroxyl groups is 1. The van der Waals surface area contributed by atoms with Crippen molar-refractivity contribution in [3.63, 3.8) is 0 Å². The van der Waals surface area contributed by atoms with Gasteiger partial charge in [0.25, 0.3) is 5.69 Å². The van der Waals surface area contributed by atoms with Gasteiger partial charge in [-0.25, -0.2) is 0 Å². The van der Waals surface area contributed by atoms with Gasteiger partial charge in [-0.1, -0.05) is 26.3 Å². The molecule has 1 fully saturated rings. The summed E-state index contributed by atoms with van der Waals surface area (Å²) in [5, 5.41) is 21.2. The number of rotatable bonds is 7. The van der Waals surface area contributed by atoms with Crippen LogP contribution in [0.3, 0.4) is 0 Å². The molecule has 0 spiro atoms. The van der Waals surface area contributed by atoms with Gasteiger partial charge in [-0.15, -0.1) is 11.8 Å². The first kappa shape index (κ1) is 20.2. The molecule has 0 heterocycles. The highest BCUT2D eigenvalue weighted by molar-refractivity contribution is 7.99. The summed E-state index contributed by atoms with van der Waals surface area (Å²) in [6.07, 6.45) is 2.37. The largest absolute Gasteiger partial charge is 0.511 e. The molecule has 0 aromatic heterocycles. The number of ketones is 2. The van der Waals surface area contributed by atoms with E-state index >= 15 is 0 Å². The normalized spacial score (nSPS) is 17.5. The van der Waals surface area contributed by atoms with E-state index in [1.165, 1.54) is 17.8 Å². The molecular weight excluding hydrogens is 354 g/mol. The average Bonchev–Trinajstić information content (AvgIpc) is 2.61. The third-order valence-corrected chi connectivity index (χ3v) is 5.60. The minimum Gasteiger partial charge on any atom is -0.511 e. The van der Waals surface area contributed by atoms with Crippen LogP contribution in [0.4, 0.5) is 5.69 Å². The van der Waals surface area contributed by atoms with E-state index in [1.54, 1.807) is 19.1 Å². The van der Waals surface area contributed by atoms with Crippen LogP contribution in [0.2, 0.25) is 0 Å². The SMILES string of the molecule is CCCCSc1ccc(C2CC(=O)C(=C(O)CC)C(=O)C2)cc1[N+](=O)[O-]. The van der Waals surface area contributed by atoms with Crippen LogP contribution in [0, 0.1) is 10.1 Å². The number of carbonyl (C=O) groups excluding carboxylic acids is 2. The van der Waals surface area contributed by atoms with Crippen molar-refractivity contribution >= 4 is 29.0 Å². The van der Waals surface area contributed by atoms with Gasteiger partial charge in [0.05, 0.1) is 15.4 Å². The Balaban J connectivity index is 2.27. The van der Waals surface area contributed by atoms with Crippen LogP contribution in [-0.4, -0.2) is 27.3 Å². The number of benzene rings is 1. The molecule has 0 radical (unpaired) electrons. The number of hydrogen-bond acceptors (Lipinski definition) is 6. The molecule has 1 saturated carbocycles. The van der Waals surface area contributed by atoms with Crippen molar-refractivity contribution < 1.29 is 19.6 Å². The fraction of sp³-hybridized carbons (Fsp3) is 0.474. The van der Waals surface area contributed by atoms with Gasteiger partial charge in [0, 0.05) is 25.3 Å². The van der Waals surface area contributed by atoms with Gasteiger partial charge in [-0.2, -0.15) is 0 Å². The number of Topliss-reactive ketones (excluding diaryl/α,β-unsaturated/α-hetero) is 2. The van der Waals surface area contributed by atoms with E-state index in [9.17, 15) is 24.8 Å². The Bertz CT molecular complexity index is 736. The van der Waals surface area contributed by atoms with E-state index in [0.717, 1.165) is 18.6 Å². The summed E-state index contributed by atoms with van der Waals surface area (Å²) in [4.78, 5) is 36.1. The van der Waals surface area contributed by atoms with Crippen molar-refractivity contribution in [1.29, 1.82) is 0 Å². The first-order valence-electron chi connectivity index (χ1n) is 8.78. The summed E-state index contributed by atoms with van der Waals surface area (Å²) in [5.74, 6) is -0.546. The minimum absolute atomic E-state index is 0.0150. The number of nitro groups is 1. The second kappa shape index (κ2) is 8.98. The predicted molar refractivity (Wildman–Crippen MR) is 101 cm³/mol. The van der Waals surface area contributed by atoms with E-state index in [1.807, 2.05) is 0 Å². The molecule has 0 bridgehead atoms. The molecule has 0 unspecified atom stereocenters. The Morgan fingerprint density at radius 2 is 1.92 bits per heavy atom. The zero-order chi connectivity index (χ0) is 19.3. The molecule has 7 heteroatoms. The van der Waals surface area contributed by atoms with E-state index in [2.05, 4.69) is 6.92 Å². The van der Waals surface area contributed by atoms with E-state index in [-0.39, 0.29) is 36.3 Å². The lowest BCUT2D eigenvalue weighted by Crippen LogP contribution is -2.26. The molecule has 0 amide bonds. The second-order valence-electron chi connectivity index (χ2n) is 6.31. The molecular formula is C19H23NO5S. The highest BCUT2D eigenvalue weighted by atomic mass is 32.2. The predicted octanol–water partition coefficient (Wildman–Crippen LogP) is 4.72. The first-order valence-corrected chi connectivity index (χ1v) is 9.77. The monoisotopic (exact) mass is 377 g/mol. The van der Waals surface area contributed by atoms with E-state index in [4.69, 9.17) is 0 Å². The third-order valence-electron chi connectivity index (χ3n) is 4.45. The molecule has 0 saturated heterocycles. The second-order valence-corrected chi connectivity index (χ2v) is 7.45. The maximum absolute atomic E-state index is 12.3. The van der Waals surface area contributed by atoms with Gasteiger partial charge in [0.1, 0.15) is 5.76 Å². The lowest BCUT2D eigenvalue weighted by molar-refractivity contribution is -0.387. The maximum atomic E-state index is 12.3. The van der Waals surface area contributed by atoms with Crippen LogP contribution in [0.15, 0.2) is 34.4 Å². The molecule has 140 valence electrons. The summed E-state index contributed by atoms with van der Waals surface area (Å²) >= 11 is 1.45. The molecule has 0 aliphatic heterocycles. The average molecular weight is 377 g/mol. The van der Waals surface area contributed by atoms with Crippen molar-refractivity contribution in [2.75, 3.05) is 5.75 Å². The summed E-state index contributed by atoms with van der Waals surface area (Å²) in [6, 6.07) is 4.95. The van der Waals surface area contributed by atoms with Gasteiger partial charge >= 0.3 is 0 Å². The molecule has 26 heavy (non-hydrogen) atoms. The number of thioether (sulfide) groups is 1. The number of allylic oxidation sites excluding steroid dienone is 2. The van der Waals surface area contributed by atoms with Gasteiger partial charge in [0.15, 0.2) is 11.6 Å². The molecule has 2 rings (SSSR count). The summed E-state index contributed by atoms with van der Waals surface area (Å²) in [7, 11) is 0. The van der Waals surface area contributed by atoms with Crippen molar-refractivity contribution in [3.8, 4) is 0 Å². The highest BCUT2D eigenvalue weighted by Gasteiger charge is 2.34. The lowest BCUT2D eigenvalue weighted by Gasteiger charge is -2.23. The Hall–Kier alpha value is -2.15. The molecule has 1 aromatic carbocycles. The highest BCUT2D eigenvalue weighted by Crippen LogP contribution is 2.37. The Morgan fingerprint density at radius 1 is 1.27 bits per heavy atom. The molecule has 0 atom stereocenters. The van der Waals surface area contributed by atoms with Crippen LogP contribution < -0.4 is 0 Å². The van der Waals surface area contributed by atoms with Crippen molar-refractivity contribution in [2.45, 2.75) is 56.8 Å². The zero-order valence-electron chi connectivity index (χ0n) is 15.0. The van der Waals surface area contributed by atoms with Gasteiger partial charge in [-0.3, -0.25) is 19.7 Å². The first-order chi connectivity index (χ1) is 12.4. The molecule has 1 N–H and O–H groups in total. The molecule has 6 nitrogen and oxygen atoms in total. The minimum atomic E-state index is -0.418. The third kappa shape index (κ3) is 4.52. The van der Waals surface area contributed by atoms with E-state index < -0.39 is 22.4 Å². The number of hydrogen-bond donors (Lipinski definition) is 1. The van der Waals surface area contributed by atoms with Crippen LogP contribution >= 0.6 is 11.8 Å². The van der Waals surface area contributed by atoms with Crippen LogP contribution in [0.5, 0.6) is 0 Å². The van der Waals surface area contributed by atoms with Crippen LogP contribution in [0.25, 0.3) is 0 Å². The van der Waals surface area contributed by atoms with Crippen molar-refractivity contribution in [2.24, 2.45) is 0 Å². The Morgan fingerprint density at radius 3 is 2.46 bits per heavy atom. The summed E-state index contributed by atoms with van der Waals surface area (Å²) < 4.78 is 0. The number of carbonyl (C=O) groups is 2. The fourth-order valence-corrected chi connectivity index (χ4v) is 4.09. The molecule has 1 aromatic rings. The summed E-state index contributed by atoms with van der Waals surface area (Å²) in [6.45, 7) is 3.74. The quantitative estimate of drug-likeness (QED) is 0.140. The van der Waals surface area contributed by atoms with Gasteiger partial charge in [-0.05, 0) is 29.7 Å². The topological polar surface area (TPSA) is 97.5 Å². The van der Waals surface area contributed by atoms with Gasteiger partial charge in [0.2, 0.25) is 0 Å². The van der Waals surface area contributed by atoms with E-state index in [0.29, 0.717) is 10.5 Å². The standard InChI is InChI=1S/C19H23NO5S/c1-3-5-8-26-18-7-6-12(9-14(18)20(24)25)13-10-16(22)19(15(21)4-2)17(23)11-13/h6-7,9,13,21H,3-5,8,10-11H2,1-2H3. The van der Waals surface area contributed by atoms with Gasteiger partial charge < -0.3 is 5.11 Å². The lowest BCUT2D eigenvalue weighted by atomic mass is 9.79. The Labute approximate surface area is 156 Å². The van der Waals surface area contributed by atoms with Crippen LogP contribution in [-0.2, 0) is 9.59 Å². The molecule has 1 aliphatic carbocycles. The van der Waals surface area contributed by atoms with Crippen molar-refractivity contribution in [1.82, 2.24) is 0 Å². The van der Waals surface area contributed by atoms with Crippen molar-refractivity contribution in [3.05, 3.63) is 45.2 Å². The number of nitrogens with zero attached hydrogens (tertiary/aromatic N) is 1. The fourth-order valence-electron chi connectivity index (χ4n) is 2.99. The maximum Gasteiger partial charge on any atom is 0.283 e. The molecule has 1 aliphatic rings. The number of aliphatic hydroxyl groups excluding tert-OH is 1. The van der Waals surface area contributed by atoms with Crippen LogP contribution in [0.1, 0.15) is 57.4 Å². The number of nitro benzene ring substituents is 1. The number of unbranched alkanes of at least 4 members (excludes halogenated alkanes) is 1. The summed E-state index contributed by atoms with van der Waals surface area (Å²) in [5.41, 5.74) is 0.527.